The number of thiophene rings is 1. The van der Waals surface area contributed by atoms with Gasteiger partial charge >= 0.3 is 0 Å². The van der Waals surface area contributed by atoms with Gasteiger partial charge in [0.1, 0.15) is 0 Å². The maximum absolute atomic E-state index is 4.91. The second kappa shape index (κ2) is 9.08. The third-order valence-corrected chi connectivity index (χ3v) is 7.67. The average Bonchev–Trinajstić information content (AvgIpc) is 3.35. The molecular formula is C33H21N3S. The highest BCUT2D eigenvalue weighted by molar-refractivity contribution is 7.25. The van der Waals surface area contributed by atoms with Gasteiger partial charge in [-0.2, -0.15) is 0 Å². The van der Waals surface area contributed by atoms with Crippen LogP contribution < -0.4 is 0 Å². The van der Waals surface area contributed by atoms with Crippen molar-refractivity contribution in [1.82, 2.24) is 15.0 Å². The minimum Gasteiger partial charge on any atom is -0.208 e. The molecule has 2 aromatic heterocycles. The zero-order chi connectivity index (χ0) is 24.6. The minimum absolute atomic E-state index is 0.673. The van der Waals surface area contributed by atoms with Gasteiger partial charge in [-0.15, -0.1) is 11.3 Å². The maximum Gasteiger partial charge on any atom is 0.164 e. The van der Waals surface area contributed by atoms with E-state index in [0.29, 0.717) is 17.5 Å². The minimum atomic E-state index is 0.673. The first kappa shape index (κ1) is 21.6. The number of hydrogen-bond donors (Lipinski definition) is 0. The topological polar surface area (TPSA) is 38.7 Å². The molecule has 5 aromatic carbocycles. The van der Waals surface area contributed by atoms with Crippen LogP contribution in [0.3, 0.4) is 0 Å². The van der Waals surface area contributed by atoms with Crippen molar-refractivity contribution in [2.45, 2.75) is 0 Å². The Kier molecular flexibility index (Phi) is 5.30. The summed E-state index contributed by atoms with van der Waals surface area (Å²) < 4.78 is 2.53. The van der Waals surface area contributed by atoms with Gasteiger partial charge in [-0.1, -0.05) is 103 Å². The second-order valence-electron chi connectivity index (χ2n) is 8.93. The molecule has 3 nitrogen and oxygen atoms in total. The van der Waals surface area contributed by atoms with Crippen molar-refractivity contribution in [3.63, 3.8) is 0 Å². The van der Waals surface area contributed by atoms with Crippen molar-refractivity contribution in [1.29, 1.82) is 0 Å². The van der Waals surface area contributed by atoms with Gasteiger partial charge < -0.3 is 0 Å². The molecule has 37 heavy (non-hydrogen) atoms. The third-order valence-electron chi connectivity index (χ3n) is 6.54. The summed E-state index contributed by atoms with van der Waals surface area (Å²) in [5, 5.41) is 2.47. The molecule has 7 rings (SSSR count). The lowest BCUT2D eigenvalue weighted by molar-refractivity contribution is 1.07. The Morgan fingerprint density at radius 3 is 1.46 bits per heavy atom. The van der Waals surface area contributed by atoms with Crippen molar-refractivity contribution < 1.29 is 0 Å². The van der Waals surface area contributed by atoms with Crippen molar-refractivity contribution in [2.75, 3.05) is 0 Å². The van der Waals surface area contributed by atoms with Crippen molar-refractivity contribution in [3.8, 4) is 45.3 Å². The lowest BCUT2D eigenvalue weighted by Crippen LogP contribution is -2.00. The fourth-order valence-corrected chi connectivity index (χ4v) is 5.79. The molecule has 0 aliphatic rings. The Balaban J connectivity index is 1.38. The molecule has 0 aliphatic heterocycles. The fraction of sp³-hybridized carbons (Fsp3) is 0. The fourth-order valence-electron chi connectivity index (χ4n) is 4.66. The summed E-state index contributed by atoms with van der Waals surface area (Å²) in [7, 11) is 0. The van der Waals surface area contributed by atoms with E-state index in [1.54, 1.807) is 0 Å². The van der Waals surface area contributed by atoms with E-state index in [2.05, 4.69) is 66.7 Å². The first-order valence-corrected chi connectivity index (χ1v) is 13.0. The molecule has 0 atom stereocenters. The summed E-state index contributed by atoms with van der Waals surface area (Å²) in [6.45, 7) is 0. The number of aromatic nitrogens is 3. The molecule has 0 radical (unpaired) electrons. The Hall–Kier alpha value is -4.67. The van der Waals surface area contributed by atoms with E-state index in [-0.39, 0.29) is 0 Å². The predicted molar refractivity (Wildman–Crippen MR) is 154 cm³/mol. The first-order chi connectivity index (χ1) is 18.3. The van der Waals surface area contributed by atoms with Crippen molar-refractivity contribution >= 4 is 31.5 Å². The maximum atomic E-state index is 4.91. The normalized spacial score (nSPS) is 11.2. The van der Waals surface area contributed by atoms with Crippen molar-refractivity contribution in [2.24, 2.45) is 0 Å². The Morgan fingerprint density at radius 2 is 0.865 bits per heavy atom. The van der Waals surface area contributed by atoms with Gasteiger partial charge in [0.15, 0.2) is 17.5 Å². The van der Waals surface area contributed by atoms with E-state index >= 15 is 0 Å². The lowest BCUT2D eigenvalue weighted by Gasteiger charge is -2.08. The zero-order valence-corrected chi connectivity index (χ0v) is 20.7. The standard InChI is InChI=1S/C33H21N3S/c1-4-10-22(11-5-1)25-16-18-27-28-20-26(17-19-29(28)37-30(27)21-25)33-35-31(23-12-6-2-7-13-23)34-32(36-33)24-14-8-3-9-15-24/h1-21H. The van der Waals surface area contributed by atoms with Crippen LogP contribution in [0, 0.1) is 0 Å². The first-order valence-electron chi connectivity index (χ1n) is 12.2. The zero-order valence-electron chi connectivity index (χ0n) is 19.9. The smallest absolute Gasteiger partial charge is 0.164 e. The van der Waals surface area contributed by atoms with E-state index in [0.717, 1.165) is 16.7 Å². The number of benzene rings is 5. The molecule has 0 N–H and O–H groups in total. The monoisotopic (exact) mass is 491 g/mol. The third kappa shape index (κ3) is 4.07. The van der Waals surface area contributed by atoms with Crippen LogP contribution in [0.4, 0.5) is 0 Å². The largest absolute Gasteiger partial charge is 0.208 e. The molecule has 174 valence electrons. The van der Waals surface area contributed by atoms with Crippen LogP contribution in [0.5, 0.6) is 0 Å². The molecule has 0 saturated carbocycles. The van der Waals surface area contributed by atoms with Gasteiger partial charge in [0, 0.05) is 36.9 Å². The Bertz CT molecular complexity index is 1800. The molecule has 0 saturated heterocycles. The second-order valence-corrected chi connectivity index (χ2v) is 10.0. The van der Waals surface area contributed by atoms with Gasteiger partial charge in [0.2, 0.25) is 0 Å². The van der Waals surface area contributed by atoms with Crippen LogP contribution in [-0.4, -0.2) is 15.0 Å². The van der Waals surface area contributed by atoms with Gasteiger partial charge in [0.25, 0.3) is 0 Å². The molecule has 0 bridgehead atoms. The molecule has 0 spiro atoms. The van der Waals surface area contributed by atoms with Crippen LogP contribution in [0.1, 0.15) is 0 Å². The highest BCUT2D eigenvalue weighted by Crippen LogP contribution is 2.38. The highest BCUT2D eigenvalue weighted by Gasteiger charge is 2.14. The Morgan fingerprint density at radius 1 is 0.351 bits per heavy atom. The SMILES string of the molecule is c1ccc(-c2ccc3c(c2)sc2ccc(-c4nc(-c5ccccc5)nc(-c5ccccc5)n4)cc23)cc1. The number of rotatable bonds is 4. The number of nitrogens with zero attached hydrogens (tertiary/aromatic N) is 3. The van der Waals surface area contributed by atoms with E-state index in [9.17, 15) is 0 Å². The molecule has 0 amide bonds. The van der Waals surface area contributed by atoms with Crippen LogP contribution >= 0.6 is 11.3 Å². The van der Waals surface area contributed by atoms with E-state index in [4.69, 9.17) is 15.0 Å². The van der Waals surface area contributed by atoms with Crippen LogP contribution in [0.15, 0.2) is 127 Å². The molecule has 7 aromatic rings. The summed E-state index contributed by atoms with van der Waals surface area (Å²) >= 11 is 1.82. The van der Waals surface area contributed by atoms with Gasteiger partial charge in [-0.25, -0.2) is 15.0 Å². The van der Waals surface area contributed by atoms with Crippen LogP contribution in [0.2, 0.25) is 0 Å². The summed E-state index contributed by atoms with van der Waals surface area (Å²) in [4.78, 5) is 14.6. The van der Waals surface area contributed by atoms with E-state index in [1.807, 2.05) is 72.0 Å². The number of fused-ring (bicyclic) bond motifs is 3. The summed E-state index contributed by atoms with van der Waals surface area (Å²) in [6.07, 6.45) is 0. The van der Waals surface area contributed by atoms with Gasteiger partial charge in [-0.3, -0.25) is 0 Å². The van der Waals surface area contributed by atoms with Crippen molar-refractivity contribution in [3.05, 3.63) is 127 Å². The van der Waals surface area contributed by atoms with Crippen LogP contribution in [-0.2, 0) is 0 Å². The van der Waals surface area contributed by atoms with Gasteiger partial charge in [0.05, 0.1) is 0 Å². The number of hydrogen-bond acceptors (Lipinski definition) is 4. The summed E-state index contributed by atoms with van der Waals surface area (Å²) in [6, 6.07) is 44.0. The van der Waals surface area contributed by atoms with E-state index in [1.165, 1.54) is 31.3 Å². The molecular weight excluding hydrogens is 470 g/mol. The van der Waals surface area contributed by atoms with Crippen LogP contribution in [0.25, 0.3) is 65.5 Å². The van der Waals surface area contributed by atoms with Gasteiger partial charge in [-0.05, 0) is 35.4 Å². The summed E-state index contributed by atoms with van der Waals surface area (Å²) in [5.74, 6) is 2.02. The average molecular weight is 492 g/mol. The predicted octanol–water partition coefficient (Wildman–Crippen LogP) is 8.91. The van der Waals surface area contributed by atoms with E-state index < -0.39 is 0 Å². The molecule has 0 unspecified atom stereocenters. The quantitative estimate of drug-likeness (QED) is 0.247. The molecule has 2 heterocycles. The summed E-state index contributed by atoms with van der Waals surface area (Å²) in [5.41, 5.74) is 5.39. The molecule has 0 fully saturated rings. The highest BCUT2D eigenvalue weighted by atomic mass is 32.1. The lowest BCUT2D eigenvalue weighted by atomic mass is 10.0. The molecule has 4 heteroatoms. The Labute approximate surface area is 218 Å². The molecule has 0 aliphatic carbocycles.